The number of amides is 2. The Hall–Kier alpha value is -1.46. The molecule has 1 aliphatic carbocycles. The van der Waals surface area contributed by atoms with Gasteiger partial charge in [0.15, 0.2) is 14.4 Å². The average Bonchev–Trinajstić information content (AvgIpc) is 2.60. The molecule has 1 aromatic carbocycles. The van der Waals surface area contributed by atoms with E-state index in [4.69, 9.17) is 4.43 Å². The van der Waals surface area contributed by atoms with Gasteiger partial charge >= 0.3 is 0 Å². The van der Waals surface area contributed by atoms with Gasteiger partial charge < -0.3 is 4.43 Å². The Labute approximate surface area is 151 Å². The highest BCUT2D eigenvalue weighted by Crippen LogP contribution is 2.43. The Morgan fingerprint density at radius 3 is 2.20 bits per heavy atom. The summed E-state index contributed by atoms with van der Waals surface area (Å²) in [4.78, 5) is 27.1. The topological polar surface area (TPSA) is 46.6 Å². The van der Waals surface area contributed by atoms with Crippen LogP contribution in [0.25, 0.3) is 0 Å². The van der Waals surface area contributed by atoms with Gasteiger partial charge in [-0.3, -0.25) is 14.5 Å². The first-order valence-electron chi connectivity index (χ1n) is 9.66. The number of carbonyl (C=O) groups is 2. The lowest BCUT2D eigenvalue weighted by Crippen LogP contribution is -2.65. The monoisotopic (exact) mass is 359 g/mol. The zero-order valence-electron chi connectivity index (χ0n) is 15.5. The second kappa shape index (κ2) is 7.42. The van der Waals surface area contributed by atoms with Crippen LogP contribution >= 0.6 is 0 Å². The average molecular weight is 360 g/mol. The first kappa shape index (κ1) is 18.3. The van der Waals surface area contributed by atoms with Gasteiger partial charge in [-0.2, -0.15) is 0 Å². The Kier molecular flexibility index (Phi) is 5.44. The molecule has 136 valence electrons. The van der Waals surface area contributed by atoms with Crippen LogP contribution in [0.1, 0.15) is 51.6 Å². The first-order valence-corrected chi connectivity index (χ1v) is 12.2. The van der Waals surface area contributed by atoms with Crippen LogP contribution in [0.2, 0.25) is 18.1 Å². The number of likely N-dealkylation sites (tertiary alicyclic amines) is 1. The Balaban J connectivity index is 1.87. The van der Waals surface area contributed by atoms with E-state index in [0.717, 1.165) is 43.0 Å². The highest BCUT2D eigenvalue weighted by atomic mass is 28.4. The Morgan fingerprint density at radius 2 is 1.72 bits per heavy atom. The molecule has 1 saturated carbocycles. The fraction of sp³-hybridized carbons (Fsp3) is 0.600. The van der Waals surface area contributed by atoms with E-state index in [1.165, 1.54) is 4.90 Å². The van der Waals surface area contributed by atoms with E-state index in [0.29, 0.717) is 0 Å². The fourth-order valence-corrected chi connectivity index (χ4v) is 6.69. The molecule has 2 amide bonds. The quantitative estimate of drug-likeness (QED) is 0.414. The zero-order valence-corrected chi connectivity index (χ0v) is 16.5. The van der Waals surface area contributed by atoms with Crippen molar-refractivity contribution in [3.63, 3.8) is 0 Å². The second-order valence-electron chi connectivity index (χ2n) is 7.31. The van der Waals surface area contributed by atoms with Crippen molar-refractivity contribution in [1.82, 2.24) is 4.90 Å². The van der Waals surface area contributed by atoms with Crippen molar-refractivity contribution in [1.29, 1.82) is 0 Å². The molecule has 0 bridgehead atoms. The summed E-state index contributed by atoms with van der Waals surface area (Å²) in [5.74, 6) is -0.0960. The number of benzene rings is 1. The number of rotatable bonds is 7. The normalized spacial score (nSPS) is 24.0. The molecule has 25 heavy (non-hydrogen) atoms. The van der Waals surface area contributed by atoms with Crippen molar-refractivity contribution < 1.29 is 14.0 Å². The van der Waals surface area contributed by atoms with Crippen molar-refractivity contribution in [2.75, 3.05) is 0 Å². The molecule has 1 aliphatic heterocycles. The van der Waals surface area contributed by atoms with E-state index in [2.05, 4.69) is 20.8 Å². The van der Waals surface area contributed by atoms with Crippen LogP contribution in [0.3, 0.4) is 0 Å². The predicted molar refractivity (Wildman–Crippen MR) is 100 cm³/mol. The van der Waals surface area contributed by atoms with E-state index in [-0.39, 0.29) is 23.8 Å². The van der Waals surface area contributed by atoms with Crippen LogP contribution < -0.4 is 0 Å². The van der Waals surface area contributed by atoms with Gasteiger partial charge in [0.05, 0.1) is 6.04 Å². The van der Waals surface area contributed by atoms with Gasteiger partial charge in [0.2, 0.25) is 5.91 Å². The summed E-state index contributed by atoms with van der Waals surface area (Å²) in [6, 6.07) is 12.6. The molecule has 2 fully saturated rings. The van der Waals surface area contributed by atoms with E-state index in [9.17, 15) is 9.59 Å². The minimum absolute atomic E-state index is 0.00159. The molecular weight excluding hydrogens is 330 g/mol. The molecule has 3 rings (SSSR count). The van der Waals surface area contributed by atoms with E-state index >= 15 is 0 Å². The van der Waals surface area contributed by atoms with Gasteiger partial charge in [0, 0.05) is 5.92 Å². The standard InChI is InChI=1S/C20H29NO3Si/c1-4-25(5-2,6-3)24-18-17(15-11-8-7-9-12-15)21(20(18)23)19(22)16-13-10-14-16/h7-9,11-12,16-18H,4-6,10,13-14H2,1-3H3/t17-,18-/m1/s1. The molecule has 2 aliphatic rings. The molecule has 0 N–H and O–H groups in total. The molecule has 1 heterocycles. The lowest BCUT2D eigenvalue weighted by molar-refractivity contribution is -0.176. The minimum atomic E-state index is -1.91. The van der Waals surface area contributed by atoms with Gasteiger partial charge in [-0.25, -0.2) is 0 Å². The lowest BCUT2D eigenvalue weighted by Gasteiger charge is -2.50. The van der Waals surface area contributed by atoms with E-state index in [1.807, 2.05) is 30.3 Å². The summed E-state index contributed by atoms with van der Waals surface area (Å²) in [5.41, 5.74) is 1.01. The van der Waals surface area contributed by atoms with Crippen molar-refractivity contribution >= 4 is 20.1 Å². The third-order valence-electron chi connectivity index (χ3n) is 6.19. The lowest BCUT2D eigenvalue weighted by atomic mass is 9.81. The maximum atomic E-state index is 12.9. The third-order valence-corrected chi connectivity index (χ3v) is 10.8. The zero-order chi connectivity index (χ0) is 18.0. The largest absolute Gasteiger partial charge is 0.403 e. The summed E-state index contributed by atoms with van der Waals surface area (Å²) in [6.07, 6.45) is 2.42. The number of hydrogen-bond acceptors (Lipinski definition) is 3. The van der Waals surface area contributed by atoms with Crippen LogP contribution in [0.4, 0.5) is 0 Å². The summed E-state index contributed by atoms with van der Waals surface area (Å²) >= 11 is 0. The number of nitrogens with zero attached hydrogens (tertiary/aromatic N) is 1. The molecule has 5 heteroatoms. The van der Waals surface area contributed by atoms with Crippen molar-refractivity contribution in [3.8, 4) is 0 Å². The summed E-state index contributed by atoms with van der Waals surface area (Å²) < 4.78 is 6.51. The second-order valence-corrected chi connectivity index (χ2v) is 12.0. The van der Waals surface area contributed by atoms with Crippen LogP contribution in [0.5, 0.6) is 0 Å². The third kappa shape index (κ3) is 3.20. The first-order chi connectivity index (χ1) is 12.1. The molecule has 0 aromatic heterocycles. The van der Waals surface area contributed by atoms with Gasteiger partial charge in [0.25, 0.3) is 5.91 Å². The SMILES string of the molecule is CC[Si](CC)(CC)O[C@H]1C(=O)N(C(=O)C2CCC2)[C@@H]1c1ccccc1. The summed E-state index contributed by atoms with van der Waals surface area (Å²) in [7, 11) is -1.91. The van der Waals surface area contributed by atoms with Crippen molar-refractivity contribution in [2.45, 2.75) is 70.3 Å². The van der Waals surface area contributed by atoms with Crippen LogP contribution in [0.15, 0.2) is 30.3 Å². The maximum absolute atomic E-state index is 12.9. The summed E-state index contributed by atoms with van der Waals surface area (Å²) in [6.45, 7) is 6.49. The van der Waals surface area contributed by atoms with Crippen LogP contribution in [-0.2, 0) is 14.0 Å². The number of β-lactam (4-membered cyclic amide) rings is 1. The van der Waals surface area contributed by atoms with E-state index in [1.54, 1.807) is 0 Å². The van der Waals surface area contributed by atoms with Crippen molar-refractivity contribution in [3.05, 3.63) is 35.9 Å². The summed E-state index contributed by atoms with van der Waals surface area (Å²) in [5, 5.41) is 0. The molecular formula is C20H29NO3Si. The maximum Gasteiger partial charge on any atom is 0.260 e. The van der Waals surface area contributed by atoms with Crippen molar-refractivity contribution in [2.24, 2.45) is 5.92 Å². The highest BCUT2D eigenvalue weighted by Gasteiger charge is 2.55. The van der Waals surface area contributed by atoms with Crippen LogP contribution in [0, 0.1) is 5.92 Å². The molecule has 0 unspecified atom stereocenters. The smallest absolute Gasteiger partial charge is 0.260 e. The fourth-order valence-electron chi connectivity index (χ4n) is 3.92. The minimum Gasteiger partial charge on any atom is -0.403 e. The highest BCUT2D eigenvalue weighted by molar-refractivity contribution is 6.73. The van der Waals surface area contributed by atoms with Gasteiger partial charge in [-0.1, -0.05) is 57.5 Å². The molecule has 0 radical (unpaired) electrons. The molecule has 1 aromatic rings. The van der Waals surface area contributed by atoms with Gasteiger partial charge in [0.1, 0.15) is 0 Å². The van der Waals surface area contributed by atoms with Gasteiger partial charge in [-0.05, 0) is 36.5 Å². The molecule has 4 nitrogen and oxygen atoms in total. The van der Waals surface area contributed by atoms with Gasteiger partial charge in [-0.15, -0.1) is 0 Å². The Bertz CT molecular complexity index is 617. The van der Waals surface area contributed by atoms with Crippen LogP contribution in [-0.4, -0.2) is 31.1 Å². The molecule has 2 atom stereocenters. The molecule has 0 spiro atoms. The number of imide groups is 1. The number of carbonyl (C=O) groups excluding carboxylic acids is 2. The predicted octanol–water partition coefficient (Wildman–Crippen LogP) is 4.29. The molecule has 1 saturated heterocycles. The Morgan fingerprint density at radius 1 is 1.12 bits per heavy atom. The van der Waals surface area contributed by atoms with E-state index < -0.39 is 14.4 Å². The number of hydrogen-bond donors (Lipinski definition) is 0.